The highest BCUT2D eigenvalue weighted by molar-refractivity contribution is 5.42. The van der Waals surface area contributed by atoms with Crippen LogP contribution in [-0.2, 0) is 4.74 Å². The summed E-state index contributed by atoms with van der Waals surface area (Å²) in [4.78, 5) is 3.90. The molecule has 0 spiro atoms. The van der Waals surface area contributed by atoms with Crippen LogP contribution in [0.3, 0.4) is 0 Å². The van der Waals surface area contributed by atoms with Gasteiger partial charge >= 0.3 is 0 Å². The summed E-state index contributed by atoms with van der Waals surface area (Å²) in [7, 11) is 0. The Morgan fingerprint density at radius 2 is 1.23 bits per heavy atom. The topological polar surface area (TPSA) is 38.2 Å². The minimum Gasteiger partial charge on any atom is -1.00 e. The molecule has 0 aliphatic carbocycles. The molecule has 0 unspecified atom stereocenters. The number of rotatable bonds is 16. The number of hydrogen-bond donors (Lipinski definition) is 1. The van der Waals surface area contributed by atoms with Gasteiger partial charge < -0.3 is 39.4 Å². The van der Waals surface area contributed by atoms with Gasteiger partial charge in [0.1, 0.15) is 19.6 Å². The van der Waals surface area contributed by atoms with Crippen molar-refractivity contribution in [2.45, 2.75) is 104 Å². The zero-order valence-electron chi connectivity index (χ0n) is 20.8. The number of nitrogens with two attached hydrogens (primary N) is 1. The fourth-order valence-corrected chi connectivity index (χ4v) is 4.44. The Morgan fingerprint density at radius 3 is 1.58 bits per heavy atom. The lowest BCUT2D eigenvalue weighted by molar-refractivity contribution is -0.933. The second-order valence-corrected chi connectivity index (χ2v) is 9.12. The SMILES string of the molecule is C1=NCC[NH2+]1.CCCCCCCCCCCCCCCC[N+]1(CC)CCOCC1.[Cl-].[Cl-]. The quantitative estimate of drug-likeness (QED) is 0.221. The predicted octanol–water partition coefficient (Wildman–Crippen LogP) is -1.07. The van der Waals surface area contributed by atoms with Gasteiger partial charge in [0.15, 0.2) is 6.34 Å². The molecule has 0 aromatic carbocycles. The third kappa shape index (κ3) is 19.3. The maximum absolute atomic E-state index is 5.53. The average molecular weight is 483 g/mol. The van der Waals surface area contributed by atoms with Crippen LogP contribution in [0.15, 0.2) is 4.99 Å². The van der Waals surface area contributed by atoms with E-state index in [1.165, 1.54) is 121 Å². The average Bonchev–Trinajstić information content (AvgIpc) is 3.35. The molecule has 4 nitrogen and oxygen atoms in total. The molecule has 0 saturated carbocycles. The number of halogens is 2. The van der Waals surface area contributed by atoms with Gasteiger partial charge in [0, 0.05) is 0 Å². The first-order valence-corrected chi connectivity index (χ1v) is 13.1. The highest BCUT2D eigenvalue weighted by Crippen LogP contribution is 2.16. The lowest BCUT2D eigenvalue weighted by Crippen LogP contribution is -3.00. The van der Waals surface area contributed by atoms with Crippen molar-refractivity contribution in [1.29, 1.82) is 0 Å². The van der Waals surface area contributed by atoms with E-state index in [2.05, 4.69) is 24.2 Å². The summed E-state index contributed by atoms with van der Waals surface area (Å²) >= 11 is 0. The molecule has 0 bridgehead atoms. The minimum absolute atomic E-state index is 0. The largest absolute Gasteiger partial charge is 1.00 e. The Morgan fingerprint density at radius 1 is 0.742 bits per heavy atom. The fourth-order valence-electron chi connectivity index (χ4n) is 4.44. The molecule has 0 radical (unpaired) electrons. The zero-order valence-corrected chi connectivity index (χ0v) is 22.3. The summed E-state index contributed by atoms with van der Waals surface area (Å²) in [5.41, 5.74) is 0. The van der Waals surface area contributed by atoms with Crippen LogP contribution < -0.4 is 30.1 Å². The maximum Gasteiger partial charge on any atom is 0.182 e. The number of likely N-dealkylation sites (N-methyl/N-ethyl adjacent to an activating group) is 1. The molecule has 6 heteroatoms. The van der Waals surface area contributed by atoms with Crippen LogP contribution in [0.2, 0.25) is 0 Å². The van der Waals surface area contributed by atoms with Gasteiger partial charge in [-0.15, -0.1) is 0 Å². The number of quaternary nitrogens is 2. The molecule has 0 aromatic rings. The van der Waals surface area contributed by atoms with Crippen molar-refractivity contribution in [1.82, 2.24) is 0 Å². The van der Waals surface area contributed by atoms with Crippen LogP contribution in [-0.4, -0.2) is 63.3 Å². The summed E-state index contributed by atoms with van der Waals surface area (Å²) in [6, 6.07) is 0. The van der Waals surface area contributed by atoms with Crippen LogP contribution in [0, 0.1) is 0 Å². The Kier molecular flexibility index (Phi) is 26.6. The lowest BCUT2D eigenvalue weighted by Gasteiger charge is -2.40. The van der Waals surface area contributed by atoms with E-state index in [0.717, 1.165) is 26.3 Å². The third-order valence-electron chi connectivity index (χ3n) is 6.71. The van der Waals surface area contributed by atoms with E-state index in [1.807, 2.05) is 6.34 Å². The van der Waals surface area contributed by atoms with Crippen molar-refractivity contribution < 1.29 is 39.4 Å². The number of nitrogens with zero attached hydrogens (tertiary/aromatic N) is 2. The van der Waals surface area contributed by atoms with Crippen molar-refractivity contribution in [3.63, 3.8) is 0 Å². The highest BCUT2D eigenvalue weighted by Gasteiger charge is 2.27. The van der Waals surface area contributed by atoms with E-state index in [0.29, 0.717) is 0 Å². The van der Waals surface area contributed by atoms with Crippen LogP contribution in [0.25, 0.3) is 0 Å². The van der Waals surface area contributed by atoms with E-state index in [1.54, 1.807) is 0 Å². The van der Waals surface area contributed by atoms with Gasteiger partial charge in [-0.3, -0.25) is 0 Å². The Hall–Kier alpha value is 0.130. The summed E-state index contributed by atoms with van der Waals surface area (Å²) in [6.07, 6.45) is 22.2. The number of morpholine rings is 1. The predicted molar refractivity (Wildman–Crippen MR) is 127 cm³/mol. The molecule has 0 amide bonds. The van der Waals surface area contributed by atoms with E-state index in [9.17, 15) is 0 Å². The molecule has 2 N–H and O–H groups in total. The molecule has 0 aromatic heterocycles. The summed E-state index contributed by atoms with van der Waals surface area (Å²) in [5, 5.41) is 2.07. The maximum atomic E-state index is 5.53. The molecular weight excluding hydrogens is 429 g/mol. The van der Waals surface area contributed by atoms with E-state index >= 15 is 0 Å². The second-order valence-electron chi connectivity index (χ2n) is 9.12. The number of unbranched alkanes of at least 4 members (excludes halogenated alkanes) is 13. The Bertz CT molecular complexity index is 372. The fraction of sp³-hybridized carbons (Fsp3) is 0.960. The van der Waals surface area contributed by atoms with Crippen molar-refractivity contribution >= 4 is 6.34 Å². The normalized spacial score (nSPS) is 16.7. The first kappa shape index (κ1) is 33.3. The van der Waals surface area contributed by atoms with Gasteiger partial charge in [0.25, 0.3) is 0 Å². The van der Waals surface area contributed by atoms with Gasteiger partial charge in [0.2, 0.25) is 0 Å². The van der Waals surface area contributed by atoms with Crippen molar-refractivity contribution in [3.05, 3.63) is 0 Å². The Labute approximate surface area is 206 Å². The van der Waals surface area contributed by atoms with Crippen molar-refractivity contribution in [2.24, 2.45) is 4.99 Å². The molecule has 1 saturated heterocycles. The molecule has 2 aliphatic rings. The molecule has 0 atom stereocenters. The van der Waals surface area contributed by atoms with Gasteiger partial charge in [-0.25, -0.2) is 4.99 Å². The first-order chi connectivity index (χ1) is 14.3. The molecule has 2 aliphatic heterocycles. The molecular formula is C25H53Cl2N3O. The van der Waals surface area contributed by atoms with Crippen LogP contribution >= 0.6 is 0 Å². The van der Waals surface area contributed by atoms with Gasteiger partial charge in [-0.2, -0.15) is 0 Å². The zero-order chi connectivity index (χ0) is 20.9. The number of ether oxygens (including phenoxy) is 1. The molecule has 1 fully saturated rings. The van der Waals surface area contributed by atoms with Gasteiger partial charge in [-0.05, 0) is 19.8 Å². The number of hydrogen-bond acceptors (Lipinski definition) is 2. The molecule has 2 heterocycles. The summed E-state index contributed by atoms with van der Waals surface area (Å²) < 4.78 is 6.85. The van der Waals surface area contributed by atoms with E-state index in [4.69, 9.17) is 4.74 Å². The first-order valence-electron chi connectivity index (χ1n) is 13.1. The van der Waals surface area contributed by atoms with Gasteiger partial charge in [-0.1, -0.05) is 84.0 Å². The van der Waals surface area contributed by atoms with Crippen molar-refractivity contribution in [2.75, 3.05) is 52.5 Å². The summed E-state index contributed by atoms with van der Waals surface area (Å²) in [6.45, 7) is 13.9. The van der Waals surface area contributed by atoms with Crippen LogP contribution in [0.4, 0.5) is 0 Å². The van der Waals surface area contributed by atoms with Crippen LogP contribution in [0.5, 0.6) is 0 Å². The summed E-state index contributed by atoms with van der Waals surface area (Å²) in [5.74, 6) is 0. The monoisotopic (exact) mass is 481 g/mol. The highest BCUT2D eigenvalue weighted by atomic mass is 35.5. The van der Waals surface area contributed by atoms with E-state index < -0.39 is 0 Å². The molecule has 188 valence electrons. The number of aliphatic imine (C=N–C) groups is 1. The standard InChI is InChI=1S/C22H46NO.C3H6N2.2ClH/c1-3-5-6-7-8-9-10-11-12-13-14-15-16-17-18-23(4-2)19-21-24-22-20-23;1-2-5-3-4-1;;/h3-22H2,1-2H3;3H,1-2H2,(H,4,5);2*1H/q+1;;;/p-1. The molecule has 31 heavy (non-hydrogen) atoms. The van der Waals surface area contributed by atoms with Crippen LogP contribution in [0.1, 0.15) is 104 Å². The minimum atomic E-state index is 0. The van der Waals surface area contributed by atoms with Gasteiger partial charge in [0.05, 0.1) is 32.8 Å². The molecule has 2 rings (SSSR count). The van der Waals surface area contributed by atoms with E-state index in [-0.39, 0.29) is 24.8 Å². The Balaban J connectivity index is 0. The smallest absolute Gasteiger partial charge is 0.182 e. The second kappa shape index (κ2) is 24.8. The lowest BCUT2D eigenvalue weighted by atomic mass is 10.0. The third-order valence-corrected chi connectivity index (χ3v) is 6.71. The van der Waals surface area contributed by atoms with Crippen molar-refractivity contribution in [3.8, 4) is 0 Å².